The minimum Gasteiger partial charge on any atom is -0.391 e. The smallest absolute Gasteiger partial charge is 0.0709 e. The minimum atomic E-state index is -0.270. The molecule has 0 heterocycles. The molecule has 2 N–H and O–H groups in total. The Labute approximate surface area is 106 Å². The average molecular weight is 370 g/mol. The van der Waals surface area contributed by atoms with Gasteiger partial charge in [-0.05, 0) is 63.1 Å². The topological polar surface area (TPSA) is 32.3 Å². The van der Waals surface area contributed by atoms with Crippen LogP contribution in [0.25, 0.3) is 0 Å². The van der Waals surface area contributed by atoms with Crippen LogP contribution in [0.2, 0.25) is 0 Å². The summed E-state index contributed by atoms with van der Waals surface area (Å²) in [6.07, 6.45) is 0.506. The van der Waals surface area contributed by atoms with E-state index >= 15 is 0 Å². The summed E-state index contributed by atoms with van der Waals surface area (Å²) >= 11 is 5.73. The van der Waals surface area contributed by atoms with Gasteiger partial charge >= 0.3 is 0 Å². The Balaban J connectivity index is 2.55. The summed E-state index contributed by atoms with van der Waals surface area (Å²) in [7, 11) is 0. The summed E-state index contributed by atoms with van der Waals surface area (Å²) in [5.41, 5.74) is 1.03. The molecule has 1 atom stereocenters. The number of hydrogen-bond acceptors (Lipinski definition) is 2. The summed E-state index contributed by atoms with van der Waals surface area (Å²) in [6, 6.07) is 6.06. The lowest BCUT2D eigenvalue weighted by Crippen LogP contribution is -2.18. The molecular weight excluding hydrogens is 357 g/mol. The SMILES string of the molecule is CCC(O)CNc1ccc(I)c(Br)c1. The van der Waals surface area contributed by atoms with Crippen LogP contribution in [0.15, 0.2) is 22.7 Å². The first-order chi connectivity index (χ1) is 6.63. The van der Waals surface area contributed by atoms with E-state index in [2.05, 4.69) is 43.8 Å². The fourth-order valence-electron chi connectivity index (χ4n) is 0.986. The number of hydrogen-bond donors (Lipinski definition) is 2. The molecular formula is C10H13BrINO. The Bertz CT molecular complexity index is 306. The molecule has 0 aliphatic rings. The molecule has 14 heavy (non-hydrogen) atoms. The Hall–Kier alpha value is 0.190. The van der Waals surface area contributed by atoms with Crippen molar-refractivity contribution in [3.05, 3.63) is 26.2 Å². The average Bonchev–Trinajstić information content (AvgIpc) is 2.19. The molecule has 2 nitrogen and oxygen atoms in total. The van der Waals surface area contributed by atoms with Gasteiger partial charge in [0.1, 0.15) is 0 Å². The number of nitrogens with one attached hydrogen (secondary N) is 1. The Morgan fingerprint density at radius 3 is 2.86 bits per heavy atom. The van der Waals surface area contributed by atoms with E-state index < -0.39 is 0 Å². The van der Waals surface area contributed by atoms with Crippen LogP contribution in [0.3, 0.4) is 0 Å². The molecule has 1 rings (SSSR count). The van der Waals surface area contributed by atoms with Gasteiger partial charge < -0.3 is 10.4 Å². The third-order valence-corrected chi connectivity index (χ3v) is 4.27. The highest BCUT2D eigenvalue weighted by molar-refractivity contribution is 14.1. The predicted molar refractivity (Wildman–Crippen MR) is 71.6 cm³/mol. The van der Waals surface area contributed by atoms with Gasteiger partial charge in [0.25, 0.3) is 0 Å². The second kappa shape index (κ2) is 5.92. The molecule has 0 spiro atoms. The highest BCUT2D eigenvalue weighted by Gasteiger charge is 2.01. The Kier molecular flexibility index (Phi) is 5.19. The molecule has 4 heteroatoms. The van der Waals surface area contributed by atoms with Crippen molar-refractivity contribution in [2.75, 3.05) is 11.9 Å². The lowest BCUT2D eigenvalue weighted by Gasteiger charge is -2.11. The van der Waals surface area contributed by atoms with Crippen LogP contribution in [-0.2, 0) is 0 Å². The molecule has 1 aromatic carbocycles. The van der Waals surface area contributed by atoms with E-state index in [-0.39, 0.29) is 6.10 Å². The van der Waals surface area contributed by atoms with Crippen molar-refractivity contribution in [1.82, 2.24) is 0 Å². The highest BCUT2D eigenvalue weighted by atomic mass is 127. The van der Waals surface area contributed by atoms with Gasteiger partial charge in [-0.3, -0.25) is 0 Å². The van der Waals surface area contributed by atoms with Crippen molar-refractivity contribution < 1.29 is 5.11 Å². The van der Waals surface area contributed by atoms with Crippen LogP contribution in [0.5, 0.6) is 0 Å². The number of benzene rings is 1. The Morgan fingerprint density at radius 1 is 1.57 bits per heavy atom. The maximum Gasteiger partial charge on any atom is 0.0709 e. The lowest BCUT2D eigenvalue weighted by molar-refractivity contribution is 0.183. The fourth-order valence-corrected chi connectivity index (χ4v) is 1.70. The number of aliphatic hydroxyl groups is 1. The molecule has 0 aromatic heterocycles. The number of rotatable bonds is 4. The van der Waals surface area contributed by atoms with E-state index in [1.165, 1.54) is 3.57 Å². The van der Waals surface area contributed by atoms with Crippen molar-refractivity contribution in [2.24, 2.45) is 0 Å². The molecule has 0 saturated heterocycles. The zero-order chi connectivity index (χ0) is 10.6. The molecule has 0 aliphatic heterocycles. The summed E-state index contributed by atoms with van der Waals surface area (Å²) in [4.78, 5) is 0. The molecule has 0 bridgehead atoms. The standard InChI is InChI=1S/C10H13BrINO/c1-2-8(14)6-13-7-3-4-10(12)9(11)5-7/h3-5,8,13-14H,2,6H2,1H3. The highest BCUT2D eigenvalue weighted by Crippen LogP contribution is 2.22. The van der Waals surface area contributed by atoms with Gasteiger partial charge in [-0.25, -0.2) is 0 Å². The van der Waals surface area contributed by atoms with Gasteiger partial charge in [0.15, 0.2) is 0 Å². The van der Waals surface area contributed by atoms with Crippen molar-refractivity contribution in [3.8, 4) is 0 Å². The molecule has 0 saturated carbocycles. The second-order valence-corrected chi connectivity index (χ2v) is 5.09. The van der Waals surface area contributed by atoms with Gasteiger partial charge in [0.05, 0.1) is 6.10 Å². The van der Waals surface area contributed by atoms with Crippen molar-refractivity contribution in [1.29, 1.82) is 0 Å². The first-order valence-electron chi connectivity index (χ1n) is 4.50. The maximum absolute atomic E-state index is 9.37. The quantitative estimate of drug-likeness (QED) is 0.798. The largest absolute Gasteiger partial charge is 0.391 e. The summed E-state index contributed by atoms with van der Waals surface area (Å²) in [6.45, 7) is 2.57. The van der Waals surface area contributed by atoms with E-state index in [1.807, 2.05) is 25.1 Å². The third-order valence-electron chi connectivity index (χ3n) is 1.93. The first kappa shape index (κ1) is 12.3. The van der Waals surface area contributed by atoms with Gasteiger partial charge in [0.2, 0.25) is 0 Å². The van der Waals surface area contributed by atoms with Gasteiger partial charge in [0, 0.05) is 20.3 Å². The van der Waals surface area contributed by atoms with E-state index in [9.17, 15) is 5.11 Å². The van der Waals surface area contributed by atoms with Crippen LogP contribution in [0.1, 0.15) is 13.3 Å². The maximum atomic E-state index is 9.37. The molecule has 78 valence electrons. The summed E-state index contributed by atoms with van der Waals surface area (Å²) < 4.78 is 2.26. The number of aliphatic hydroxyl groups excluding tert-OH is 1. The fraction of sp³-hybridized carbons (Fsp3) is 0.400. The zero-order valence-electron chi connectivity index (χ0n) is 7.93. The number of anilines is 1. The summed E-state index contributed by atoms with van der Waals surface area (Å²) in [5.74, 6) is 0. The van der Waals surface area contributed by atoms with Crippen LogP contribution in [0, 0.1) is 3.57 Å². The van der Waals surface area contributed by atoms with Crippen LogP contribution < -0.4 is 5.32 Å². The first-order valence-corrected chi connectivity index (χ1v) is 6.37. The minimum absolute atomic E-state index is 0.270. The Morgan fingerprint density at radius 2 is 2.29 bits per heavy atom. The van der Waals surface area contributed by atoms with E-state index in [0.29, 0.717) is 6.54 Å². The van der Waals surface area contributed by atoms with Gasteiger partial charge in [-0.2, -0.15) is 0 Å². The van der Waals surface area contributed by atoms with Crippen molar-refractivity contribution in [3.63, 3.8) is 0 Å². The lowest BCUT2D eigenvalue weighted by atomic mass is 10.2. The predicted octanol–water partition coefficient (Wildman–Crippen LogP) is 3.24. The van der Waals surface area contributed by atoms with Crippen molar-refractivity contribution in [2.45, 2.75) is 19.4 Å². The number of halogens is 2. The molecule has 0 amide bonds. The normalized spacial score (nSPS) is 12.6. The van der Waals surface area contributed by atoms with Gasteiger partial charge in [-0.15, -0.1) is 0 Å². The molecule has 0 fully saturated rings. The molecule has 1 unspecified atom stereocenters. The zero-order valence-corrected chi connectivity index (χ0v) is 11.7. The monoisotopic (exact) mass is 369 g/mol. The second-order valence-electron chi connectivity index (χ2n) is 3.07. The molecule has 0 aliphatic carbocycles. The van der Waals surface area contributed by atoms with Crippen LogP contribution in [0.4, 0.5) is 5.69 Å². The van der Waals surface area contributed by atoms with Crippen LogP contribution in [-0.4, -0.2) is 17.8 Å². The van der Waals surface area contributed by atoms with E-state index in [4.69, 9.17) is 0 Å². The molecule has 0 radical (unpaired) electrons. The van der Waals surface area contributed by atoms with E-state index in [1.54, 1.807) is 0 Å². The van der Waals surface area contributed by atoms with Crippen LogP contribution >= 0.6 is 38.5 Å². The summed E-state index contributed by atoms with van der Waals surface area (Å²) in [5, 5.41) is 12.5. The molecule has 1 aromatic rings. The van der Waals surface area contributed by atoms with Crippen molar-refractivity contribution >= 4 is 44.2 Å². The third kappa shape index (κ3) is 3.74. The van der Waals surface area contributed by atoms with E-state index in [0.717, 1.165) is 16.6 Å². The van der Waals surface area contributed by atoms with Gasteiger partial charge in [-0.1, -0.05) is 6.92 Å².